The molecule has 0 bridgehead atoms. The van der Waals surface area contributed by atoms with Gasteiger partial charge in [-0.3, -0.25) is 0 Å². The number of hydrogen-bond acceptors (Lipinski definition) is 4. The average Bonchev–Trinajstić information content (AvgIpc) is 2.45. The largest absolute Gasteiger partial charge is 0.478 e. The zero-order chi connectivity index (χ0) is 15.8. The average molecular weight is 293 g/mol. The molecule has 1 aromatic carbocycles. The van der Waals surface area contributed by atoms with E-state index in [4.69, 9.17) is 10.8 Å². The lowest BCUT2D eigenvalue weighted by Crippen LogP contribution is -2.25. The van der Waals surface area contributed by atoms with Crippen molar-refractivity contribution >= 4 is 17.3 Å². The number of benzene rings is 1. The highest BCUT2D eigenvalue weighted by Gasteiger charge is 2.09. The number of carboxylic acid groups (broad SMARTS) is 1. The lowest BCUT2D eigenvalue weighted by Gasteiger charge is -2.21. The Hall–Kier alpha value is -1.75. The predicted octanol–water partition coefficient (Wildman–Crippen LogP) is 2.89. The van der Waals surface area contributed by atoms with Gasteiger partial charge in [0.1, 0.15) is 0 Å². The molecular formula is C16H27N3O2. The van der Waals surface area contributed by atoms with Crippen LogP contribution in [0.5, 0.6) is 0 Å². The van der Waals surface area contributed by atoms with Gasteiger partial charge in [0.2, 0.25) is 0 Å². The number of carboxylic acids is 1. The van der Waals surface area contributed by atoms with E-state index in [0.29, 0.717) is 11.7 Å². The molecule has 0 fully saturated rings. The number of nitrogens with one attached hydrogen (secondary N) is 1. The van der Waals surface area contributed by atoms with E-state index in [-0.39, 0.29) is 5.56 Å². The van der Waals surface area contributed by atoms with Crippen LogP contribution in [0.3, 0.4) is 0 Å². The molecule has 1 unspecified atom stereocenters. The second kappa shape index (κ2) is 8.52. The van der Waals surface area contributed by atoms with Crippen LogP contribution in [0, 0.1) is 0 Å². The number of rotatable bonds is 9. The molecule has 1 atom stereocenters. The molecule has 0 radical (unpaired) electrons. The van der Waals surface area contributed by atoms with Gasteiger partial charge in [-0.15, -0.1) is 0 Å². The van der Waals surface area contributed by atoms with Crippen LogP contribution in [0.1, 0.15) is 44.0 Å². The van der Waals surface area contributed by atoms with Crippen LogP contribution in [0.2, 0.25) is 0 Å². The van der Waals surface area contributed by atoms with E-state index >= 15 is 0 Å². The highest BCUT2D eigenvalue weighted by atomic mass is 16.4. The van der Waals surface area contributed by atoms with E-state index in [2.05, 4.69) is 31.0 Å². The van der Waals surface area contributed by atoms with Crippen LogP contribution >= 0.6 is 0 Å². The van der Waals surface area contributed by atoms with Crippen molar-refractivity contribution in [2.75, 3.05) is 30.7 Å². The third-order valence-corrected chi connectivity index (χ3v) is 3.71. The van der Waals surface area contributed by atoms with E-state index in [1.54, 1.807) is 12.1 Å². The monoisotopic (exact) mass is 293 g/mol. The number of nitrogens with two attached hydrogens (primary N) is 1. The summed E-state index contributed by atoms with van der Waals surface area (Å²) < 4.78 is 0. The van der Waals surface area contributed by atoms with Gasteiger partial charge < -0.3 is 21.1 Å². The summed E-state index contributed by atoms with van der Waals surface area (Å²) in [6.45, 7) is 9.74. The molecule has 5 nitrogen and oxygen atoms in total. The molecular weight excluding hydrogens is 266 g/mol. The maximum atomic E-state index is 10.9. The maximum Gasteiger partial charge on any atom is 0.335 e. The van der Waals surface area contributed by atoms with Gasteiger partial charge in [0.05, 0.1) is 16.9 Å². The van der Waals surface area contributed by atoms with Crippen LogP contribution in [0.15, 0.2) is 18.2 Å². The van der Waals surface area contributed by atoms with Gasteiger partial charge in [-0.05, 0) is 57.6 Å². The van der Waals surface area contributed by atoms with Gasteiger partial charge in [0, 0.05) is 6.04 Å². The van der Waals surface area contributed by atoms with Gasteiger partial charge in [-0.2, -0.15) is 0 Å². The van der Waals surface area contributed by atoms with Gasteiger partial charge >= 0.3 is 5.97 Å². The molecule has 0 amide bonds. The molecule has 0 saturated carbocycles. The first-order valence-corrected chi connectivity index (χ1v) is 7.59. The summed E-state index contributed by atoms with van der Waals surface area (Å²) in [6.07, 6.45) is 2.18. The minimum absolute atomic E-state index is 0.215. The quantitative estimate of drug-likeness (QED) is 0.610. The molecule has 118 valence electrons. The Morgan fingerprint density at radius 3 is 2.57 bits per heavy atom. The SMILES string of the molecule is CCN(CC)CCCC(C)Nc1ccc(C(=O)O)cc1N. The highest BCUT2D eigenvalue weighted by Crippen LogP contribution is 2.21. The topological polar surface area (TPSA) is 78.6 Å². The molecule has 0 aromatic heterocycles. The Morgan fingerprint density at radius 2 is 2.05 bits per heavy atom. The van der Waals surface area contributed by atoms with Crippen LogP contribution in [-0.2, 0) is 0 Å². The number of nitrogen functional groups attached to an aromatic ring is 1. The molecule has 1 rings (SSSR count). The van der Waals surface area contributed by atoms with Crippen molar-refractivity contribution in [2.24, 2.45) is 0 Å². The zero-order valence-electron chi connectivity index (χ0n) is 13.2. The molecule has 21 heavy (non-hydrogen) atoms. The second-order valence-electron chi connectivity index (χ2n) is 5.32. The Kier molecular flexibility index (Phi) is 7.02. The summed E-state index contributed by atoms with van der Waals surface area (Å²) in [5.41, 5.74) is 7.39. The maximum absolute atomic E-state index is 10.9. The Bertz CT molecular complexity index is 459. The first-order chi connectivity index (χ1) is 9.97. The number of anilines is 2. The number of nitrogens with zero attached hydrogens (tertiary/aromatic N) is 1. The van der Waals surface area contributed by atoms with Crippen molar-refractivity contribution < 1.29 is 9.90 Å². The van der Waals surface area contributed by atoms with Crippen LogP contribution in [0.25, 0.3) is 0 Å². The van der Waals surface area contributed by atoms with Crippen LogP contribution < -0.4 is 11.1 Å². The summed E-state index contributed by atoms with van der Waals surface area (Å²) in [4.78, 5) is 13.3. The number of aromatic carboxylic acids is 1. The molecule has 0 aliphatic heterocycles. The minimum atomic E-state index is -0.958. The zero-order valence-corrected chi connectivity index (χ0v) is 13.2. The van der Waals surface area contributed by atoms with E-state index < -0.39 is 5.97 Å². The number of carbonyl (C=O) groups is 1. The van der Waals surface area contributed by atoms with Crippen molar-refractivity contribution in [1.82, 2.24) is 4.90 Å². The fourth-order valence-corrected chi connectivity index (χ4v) is 2.33. The third-order valence-electron chi connectivity index (χ3n) is 3.71. The van der Waals surface area contributed by atoms with Crippen molar-refractivity contribution in [3.05, 3.63) is 23.8 Å². The first kappa shape index (κ1) is 17.3. The van der Waals surface area contributed by atoms with Crippen LogP contribution in [-0.4, -0.2) is 41.7 Å². The molecule has 4 N–H and O–H groups in total. The standard InChI is InChI=1S/C16H27N3O2/c1-4-19(5-2)10-6-7-12(3)18-15-9-8-13(16(20)21)11-14(15)17/h8-9,11-12,18H,4-7,10,17H2,1-3H3,(H,20,21). The fraction of sp³-hybridized carbons (Fsp3) is 0.562. The lowest BCUT2D eigenvalue weighted by atomic mass is 10.1. The summed E-state index contributed by atoms with van der Waals surface area (Å²) >= 11 is 0. The molecule has 0 spiro atoms. The Balaban J connectivity index is 2.47. The highest BCUT2D eigenvalue weighted by molar-refractivity contribution is 5.90. The third kappa shape index (κ3) is 5.63. The molecule has 0 saturated heterocycles. The molecule has 0 heterocycles. The number of hydrogen-bond donors (Lipinski definition) is 3. The Labute approximate surface area is 127 Å². The smallest absolute Gasteiger partial charge is 0.335 e. The van der Waals surface area contributed by atoms with Crippen molar-refractivity contribution in [3.63, 3.8) is 0 Å². The van der Waals surface area contributed by atoms with E-state index in [9.17, 15) is 4.79 Å². The predicted molar refractivity (Wildman–Crippen MR) is 87.9 cm³/mol. The molecule has 1 aromatic rings. The van der Waals surface area contributed by atoms with Gasteiger partial charge in [0.15, 0.2) is 0 Å². The van der Waals surface area contributed by atoms with Crippen LogP contribution in [0.4, 0.5) is 11.4 Å². The Morgan fingerprint density at radius 1 is 1.38 bits per heavy atom. The summed E-state index contributed by atoms with van der Waals surface area (Å²) in [5.74, 6) is -0.958. The first-order valence-electron chi connectivity index (χ1n) is 7.59. The van der Waals surface area contributed by atoms with Crippen molar-refractivity contribution in [2.45, 2.75) is 39.7 Å². The van der Waals surface area contributed by atoms with Crippen molar-refractivity contribution in [3.8, 4) is 0 Å². The second-order valence-corrected chi connectivity index (χ2v) is 5.32. The summed E-state index contributed by atoms with van der Waals surface area (Å²) in [6, 6.07) is 5.11. The van der Waals surface area contributed by atoms with Gasteiger partial charge in [-0.25, -0.2) is 4.79 Å². The molecule has 5 heteroatoms. The van der Waals surface area contributed by atoms with E-state index in [1.807, 2.05) is 0 Å². The van der Waals surface area contributed by atoms with Gasteiger partial charge in [0.25, 0.3) is 0 Å². The summed E-state index contributed by atoms with van der Waals surface area (Å²) in [7, 11) is 0. The van der Waals surface area contributed by atoms with Crippen molar-refractivity contribution in [1.29, 1.82) is 0 Å². The summed E-state index contributed by atoms with van der Waals surface area (Å²) in [5, 5.41) is 12.3. The normalized spacial score (nSPS) is 12.4. The lowest BCUT2D eigenvalue weighted by molar-refractivity contribution is 0.0697. The molecule has 0 aliphatic carbocycles. The van der Waals surface area contributed by atoms with E-state index in [1.165, 1.54) is 6.07 Å². The fourth-order valence-electron chi connectivity index (χ4n) is 2.33. The van der Waals surface area contributed by atoms with E-state index in [0.717, 1.165) is 38.2 Å². The molecule has 0 aliphatic rings. The minimum Gasteiger partial charge on any atom is -0.478 e. The van der Waals surface area contributed by atoms with Gasteiger partial charge in [-0.1, -0.05) is 13.8 Å².